The molecule has 5 nitrogen and oxygen atoms in total. The molecule has 0 saturated heterocycles. The summed E-state index contributed by atoms with van der Waals surface area (Å²) in [6.45, 7) is 1.77. The van der Waals surface area contributed by atoms with E-state index in [1.54, 1.807) is 13.1 Å². The second-order valence-corrected chi connectivity index (χ2v) is 2.09. The van der Waals surface area contributed by atoms with Crippen molar-refractivity contribution in [2.75, 3.05) is 0 Å². The summed E-state index contributed by atoms with van der Waals surface area (Å²) in [6.07, 6.45) is 3.03. The van der Waals surface area contributed by atoms with Crippen molar-refractivity contribution in [3.8, 4) is 0 Å². The van der Waals surface area contributed by atoms with Gasteiger partial charge in [-0.05, 0) is 6.92 Å². The Morgan fingerprint density at radius 2 is 2.18 bits per heavy atom. The normalized spacial score (nSPS) is 10.3. The van der Waals surface area contributed by atoms with Crippen LogP contribution in [0.25, 0.3) is 11.2 Å². The first kappa shape index (κ1) is 6.09. The molecule has 54 valence electrons. The van der Waals surface area contributed by atoms with Crippen molar-refractivity contribution in [3.05, 3.63) is 18.3 Å². The lowest BCUT2D eigenvalue weighted by atomic mass is 10.5. The molecule has 0 spiro atoms. The Kier molecular flexibility index (Phi) is 1.21. The van der Waals surface area contributed by atoms with Gasteiger partial charge in [-0.2, -0.15) is 0 Å². The lowest BCUT2D eigenvalue weighted by Gasteiger charge is -1.92. The molecule has 0 unspecified atom stereocenters. The standard InChI is InChI=1S/C6H5N5/c1-4-9-6-5(11-10-4)2-7-3-8-6/h2-3H,1H3. The minimum atomic E-state index is 0.590. The number of hydrogen-bond donors (Lipinski definition) is 0. The lowest BCUT2D eigenvalue weighted by Crippen LogP contribution is -1.94. The first-order chi connectivity index (χ1) is 5.36. The van der Waals surface area contributed by atoms with Crippen LogP contribution in [0.1, 0.15) is 5.82 Å². The molecule has 0 aliphatic rings. The fourth-order valence-electron chi connectivity index (χ4n) is 0.774. The predicted molar refractivity (Wildman–Crippen MR) is 37.7 cm³/mol. The summed E-state index contributed by atoms with van der Waals surface area (Å²) in [5.41, 5.74) is 1.21. The van der Waals surface area contributed by atoms with Crippen molar-refractivity contribution in [1.82, 2.24) is 25.1 Å². The largest absolute Gasteiger partial charge is 0.242 e. The Balaban J connectivity index is 2.83. The second kappa shape index (κ2) is 2.19. The van der Waals surface area contributed by atoms with Gasteiger partial charge in [-0.3, -0.25) is 0 Å². The zero-order valence-corrected chi connectivity index (χ0v) is 5.89. The van der Waals surface area contributed by atoms with Crippen LogP contribution < -0.4 is 0 Å². The highest BCUT2D eigenvalue weighted by Crippen LogP contribution is 1.99. The molecule has 2 aromatic rings. The minimum Gasteiger partial charge on any atom is -0.242 e. The van der Waals surface area contributed by atoms with E-state index >= 15 is 0 Å². The van der Waals surface area contributed by atoms with Gasteiger partial charge in [0.05, 0.1) is 6.20 Å². The van der Waals surface area contributed by atoms with E-state index in [9.17, 15) is 0 Å². The molecule has 0 fully saturated rings. The van der Waals surface area contributed by atoms with Gasteiger partial charge in [0.15, 0.2) is 5.65 Å². The van der Waals surface area contributed by atoms with Gasteiger partial charge in [0.25, 0.3) is 0 Å². The van der Waals surface area contributed by atoms with E-state index < -0.39 is 0 Å². The van der Waals surface area contributed by atoms with Crippen molar-refractivity contribution in [3.63, 3.8) is 0 Å². The van der Waals surface area contributed by atoms with E-state index in [1.807, 2.05) is 0 Å². The quantitative estimate of drug-likeness (QED) is 0.529. The Morgan fingerprint density at radius 3 is 3.09 bits per heavy atom. The number of hydrogen-bond acceptors (Lipinski definition) is 5. The van der Waals surface area contributed by atoms with Gasteiger partial charge < -0.3 is 0 Å². The fraction of sp³-hybridized carbons (Fsp3) is 0.167. The maximum Gasteiger partial charge on any atom is 0.185 e. The van der Waals surface area contributed by atoms with Crippen LogP contribution in [0.2, 0.25) is 0 Å². The number of rotatable bonds is 0. The van der Waals surface area contributed by atoms with Gasteiger partial charge in [0.1, 0.15) is 17.7 Å². The van der Waals surface area contributed by atoms with Gasteiger partial charge in [-0.25, -0.2) is 15.0 Å². The van der Waals surface area contributed by atoms with Gasteiger partial charge in [0.2, 0.25) is 0 Å². The molecular weight excluding hydrogens is 142 g/mol. The topological polar surface area (TPSA) is 64.5 Å². The molecular formula is C6H5N5. The van der Waals surface area contributed by atoms with Crippen molar-refractivity contribution in [1.29, 1.82) is 0 Å². The first-order valence-electron chi connectivity index (χ1n) is 3.13. The van der Waals surface area contributed by atoms with Crippen LogP contribution in [0, 0.1) is 6.92 Å². The maximum atomic E-state index is 4.05. The summed E-state index contributed by atoms with van der Waals surface area (Å²) >= 11 is 0. The van der Waals surface area contributed by atoms with Gasteiger partial charge >= 0.3 is 0 Å². The summed E-state index contributed by atoms with van der Waals surface area (Å²) in [5, 5.41) is 7.61. The molecule has 0 atom stereocenters. The summed E-state index contributed by atoms with van der Waals surface area (Å²) in [7, 11) is 0. The summed E-state index contributed by atoms with van der Waals surface area (Å²) < 4.78 is 0. The molecule has 0 amide bonds. The van der Waals surface area contributed by atoms with E-state index in [2.05, 4.69) is 25.1 Å². The van der Waals surface area contributed by atoms with E-state index in [0.29, 0.717) is 17.0 Å². The number of fused-ring (bicyclic) bond motifs is 1. The average Bonchev–Trinajstić information content (AvgIpc) is 2.04. The van der Waals surface area contributed by atoms with Crippen LogP contribution in [-0.4, -0.2) is 25.1 Å². The monoisotopic (exact) mass is 147 g/mol. The third-order valence-corrected chi connectivity index (χ3v) is 1.24. The average molecular weight is 147 g/mol. The Labute approximate surface area is 62.5 Å². The highest BCUT2D eigenvalue weighted by atomic mass is 15.2. The lowest BCUT2D eigenvalue weighted by molar-refractivity contribution is 0.934. The first-order valence-corrected chi connectivity index (χ1v) is 3.13. The van der Waals surface area contributed by atoms with E-state index in [4.69, 9.17) is 0 Å². The molecule has 0 N–H and O–H groups in total. The summed E-state index contributed by atoms with van der Waals surface area (Å²) in [6, 6.07) is 0. The number of aryl methyl sites for hydroxylation is 1. The van der Waals surface area contributed by atoms with E-state index in [1.165, 1.54) is 6.33 Å². The smallest absolute Gasteiger partial charge is 0.185 e. The molecule has 0 aliphatic heterocycles. The van der Waals surface area contributed by atoms with Crippen LogP contribution in [0.3, 0.4) is 0 Å². The van der Waals surface area contributed by atoms with Crippen LogP contribution in [0.5, 0.6) is 0 Å². The Bertz CT molecular complexity index is 385. The van der Waals surface area contributed by atoms with Crippen molar-refractivity contribution in [2.45, 2.75) is 6.92 Å². The molecule has 2 aromatic heterocycles. The highest BCUT2D eigenvalue weighted by Gasteiger charge is 1.96. The third-order valence-electron chi connectivity index (χ3n) is 1.24. The Morgan fingerprint density at radius 1 is 1.27 bits per heavy atom. The number of nitrogens with zero attached hydrogens (tertiary/aromatic N) is 5. The highest BCUT2D eigenvalue weighted by molar-refractivity contribution is 5.66. The molecule has 11 heavy (non-hydrogen) atoms. The molecule has 0 aliphatic carbocycles. The molecule has 0 radical (unpaired) electrons. The number of aromatic nitrogens is 5. The van der Waals surface area contributed by atoms with Gasteiger partial charge in [-0.15, -0.1) is 10.2 Å². The Hall–Kier alpha value is -1.65. The third kappa shape index (κ3) is 1.000. The van der Waals surface area contributed by atoms with Crippen LogP contribution in [0.4, 0.5) is 0 Å². The zero-order chi connectivity index (χ0) is 7.68. The van der Waals surface area contributed by atoms with Crippen molar-refractivity contribution in [2.24, 2.45) is 0 Å². The molecule has 0 saturated carbocycles. The van der Waals surface area contributed by atoms with Gasteiger partial charge in [-0.1, -0.05) is 0 Å². The zero-order valence-electron chi connectivity index (χ0n) is 5.89. The second-order valence-electron chi connectivity index (χ2n) is 2.09. The fourth-order valence-corrected chi connectivity index (χ4v) is 0.774. The van der Waals surface area contributed by atoms with Crippen molar-refractivity contribution < 1.29 is 0 Å². The molecule has 0 aromatic carbocycles. The maximum absolute atomic E-state index is 4.05. The molecule has 2 heterocycles. The van der Waals surface area contributed by atoms with Crippen molar-refractivity contribution >= 4 is 11.2 Å². The SMILES string of the molecule is Cc1nnc2cncnc2n1. The van der Waals surface area contributed by atoms with Crippen LogP contribution >= 0.6 is 0 Å². The summed E-state index contributed by atoms with van der Waals surface area (Å²) in [5.74, 6) is 0.621. The summed E-state index contributed by atoms with van der Waals surface area (Å²) in [4.78, 5) is 11.8. The van der Waals surface area contributed by atoms with E-state index in [0.717, 1.165) is 0 Å². The molecule has 5 heteroatoms. The molecule has 0 bridgehead atoms. The van der Waals surface area contributed by atoms with Gasteiger partial charge in [0, 0.05) is 0 Å². The minimum absolute atomic E-state index is 0.590. The van der Waals surface area contributed by atoms with Crippen LogP contribution in [-0.2, 0) is 0 Å². The van der Waals surface area contributed by atoms with Crippen LogP contribution in [0.15, 0.2) is 12.5 Å². The molecule has 2 rings (SSSR count). The predicted octanol–water partition coefficient (Wildman–Crippen LogP) is 0.123. The van der Waals surface area contributed by atoms with E-state index in [-0.39, 0.29) is 0 Å².